The molecule has 0 aromatic heterocycles. The maximum Gasteiger partial charge on any atom is 0.261 e. The molecule has 17 heavy (non-hydrogen) atoms. The Balaban J connectivity index is 0. The van der Waals surface area contributed by atoms with Gasteiger partial charge in [-0.05, 0) is 33.0 Å². The molecule has 0 aromatic carbocycles. The molecule has 1 N–H and O–H groups in total. The highest BCUT2D eigenvalue weighted by atomic mass is 19.3. The van der Waals surface area contributed by atoms with E-state index in [1.807, 2.05) is 27.7 Å². The van der Waals surface area contributed by atoms with Crippen molar-refractivity contribution in [2.75, 3.05) is 33.2 Å². The molecule has 0 amide bonds. The van der Waals surface area contributed by atoms with Crippen LogP contribution in [0.4, 0.5) is 8.78 Å². The Kier molecular flexibility index (Phi) is 13.8. The van der Waals surface area contributed by atoms with Crippen molar-refractivity contribution < 1.29 is 8.78 Å². The molecule has 0 radical (unpaired) electrons. The number of nitrogens with zero attached hydrogens (tertiary/aromatic N) is 1. The maximum absolute atomic E-state index is 11.9. The lowest BCUT2D eigenvalue weighted by Crippen LogP contribution is -2.18. The quantitative estimate of drug-likeness (QED) is 0.711. The second-order valence-electron chi connectivity index (χ2n) is 3.79. The summed E-state index contributed by atoms with van der Waals surface area (Å²) >= 11 is 0. The smallest absolute Gasteiger partial charge is 0.261 e. The van der Waals surface area contributed by atoms with Crippen LogP contribution in [0.1, 0.15) is 47.0 Å². The molecule has 0 unspecified atom stereocenters. The molecule has 0 atom stereocenters. The number of likely N-dealkylation sites (tertiary alicyclic amines) is 1. The van der Waals surface area contributed by atoms with Gasteiger partial charge in [0.2, 0.25) is 0 Å². The average molecular weight is 252 g/mol. The number of nitrogens with one attached hydrogen (secondary N) is 1. The summed E-state index contributed by atoms with van der Waals surface area (Å²) in [5.41, 5.74) is 0. The van der Waals surface area contributed by atoms with Gasteiger partial charge in [0, 0.05) is 13.0 Å². The van der Waals surface area contributed by atoms with Crippen LogP contribution < -0.4 is 5.32 Å². The number of hydrogen-bond donors (Lipinski definition) is 1. The van der Waals surface area contributed by atoms with E-state index in [1.165, 1.54) is 25.9 Å². The van der Waals surface area contributed by atoms with Crippen molar-refractivity contribution in [2.24, 2.45) is 0 Å². The summed E-state index contributed by atoms with van der Waals surface area (Å²) in [4.78, 5) is 2.36. The average Bonchev–Trinajstić information content (AvgIpc) is 2.96. The first-order valence-corrected chi connectivity index (χ1v) is 6.87. The van der Waals surface area contributed by atoms with Gasteiger partial charge in [-0.15, -0.1) is 0 Å². The third kappa shape index (κ3) is 12.0. The fourth-order valence-corrected chi connectivity index (χ4v) is 1.51. The lowest BCUT2D eigenvalue weighted by molar-refractivity contribution is 0.0238. The van der Waals surface area contributed by atoms with Crippen LogP contribution in [-0.4, -0.2) is 44.0 Å². The van der Waals surface area contributed by atoms with Gasteiger partial charge in [-0.3, -0.25) is 0 Å². The fraction of sp³-hybridized carbons (Fsp3) is 1.00. The van der Waals surface area contributed by atoms with Gasteiger partial charge in [0.25, 0.3) is 5.92 Å². The lowest BCUT2D eigenvalue weighted by atomic mass is 10.3. The zero-order valence-electron chi connectivity index (χ0n) is 12.2. The topological polar surface area (TPSA) is 15.3 Å². The number of alkyl halides is 2. The molecule has 2 fully saturated rings. The van der Waals surface area contributed by atoms with E-state index in [2.05, 4.69) is 17.3 Å². The zero-order chi connectivity index (χ0) is 13.7. The van der Waals surface area contributed by atoms with E-state index >= 15 is 0 Å². The van der Waals surface area contributed by atoms with Crippen LogP contribution in [0.3, 0.4) is 0 Å². The summed E-state index contributed by atoms with van der Waals surface area (Å²) in [6.07, 6.45) is 2.83. The molecule has 106 valence electrons. The zero-order valence-corrected chi connectivity index (χ0v) is 12.2. The van der Waals surface area contributed by atoms with Crippen LogP contribution in [0, 0.1) is 0 Å². The Labute approximate surface area is 106 Å². The van der Waals surface area contributed by atoms with Crippen LogP contribution >= 0.6 is 0 Å². The van der Waals surface area contributed by atoms with Gasteiger partial charge in [-0.25, -0.2) is 8.78 Å². The minimum atomic E-state index is -2.42. The monoisotopic (exact) mass is 252 g/mol. The molecular formula is C13H30F2N2. The van der Waals surface area contributed by atoms with Gasteiger partial charge in [-0.2, -0.15) is 0 Å². The van der Waals surface area contributed by atoms with E-state index in [0.717, 1.165) is 0 Å². The number of halogens is 2. The molecular weight excluding hydrogens is 222 g/mol. The summed E-state index contributed by atoms with van der Waals surface area (Å²) in [6, 6.07) is 0. The largest absolute Gasteiger partial charge is 0.311 e. The number of hydrogen-bond acceptors (Lipinski definition) is 2. The van der Waals surface area contributed by atoms with Crippen molar-refractivity contribution in [1.82, 2.24) is 10.2 Å². The first-order chi connectivity index (χ1) is 8.10. The second kappa shape index (κ2) is 12.2. The summed E-state index contributed by atoms with van der Waals surface area (Å²) < 4.78 is 23.8. The van der Waals surface area contributed by atoms with E-state index in [-0.39, 0.29) is 13.0 Å². The van der Waals surface area contributed by atoms with Crippen molar-refractivity contribution in [3.8, 4) is 0 Å². The lowest BCUT2D eigenvalue weighted by Gasteiger charge is -2.02. The van der Waals surface area contributed by atoms with E-state index in [4.69, 9.17) is 0 Å². The van der Waals surface area contributed by atoms with Gasteiger partial charge >= 0.3 is 0 Å². The minimum absolute atomic E-state index is 0.00694. The first-order valence-electron chi connectivity index (χ1n) is 6.87. The molecule has 2 aliphatic heterocycles. The van der Waals surface area contributed by atoms with E-state index < -0.39 is 5.92 Å². The van der Waals surface area contributed by atoms with Gasteiger partial charge in [0.1, 0.15) is 0 Å². The minimum Gasteiger partial charge on any atom is -0.311 e. The molecule has 0 bridgehead atoms. The van der Waals surface area contributed by atoms with E-state index in [9.17, 15) is 8.78 Å². The third-order valence-corrected chi connectivity index (χ3v) is 2.38. The maximum atomic E-state index is 11.9. The van der Waals surface area contributed by atoms with Crippen LogP contribution in [-0.2, 0) is 0 Å². The Morgan fingerprint density at radius 3 is 1.59 bits per heavy atom. The second-order valence-corrected chi connectivity index (χ2v) is 3.79. The molecule has 0 aliphatic carbocycles. The fourth-order valence-electron chi connectivity index (χ4n) is 1.51. The predicted molar refractivity (Wildman–Crippen MR) is 71.9 cm³/mol. The van der Waals surface area contributed by atoms with Gasteiger partial charge in [0.15, 0.2) is 0 Å². The van der Waals surface area contributed by atoms with Crippen molar-refractivity contribution in [1.29, 1.82) is 0 Å². The third-order valence-electron chi connectivity index (χ3n) is 2.38. The molecule has 2 saturated heterocycles. The first kappa shape index (κ1) is 19.1. The Hall–Kier alpha value is -0.220. The summed E-state index contributed by atoms with van der Waals surface area (Å²) in [5, 5.41) is 2.56. The molecule has 2 rings (SSSR count). The van der Waals surface area contributed by atoms with Gasteiger partial charge in [-0.1, -0.05) is 27.7 Å². The van der Waals surface area contributed by atoms with Crippen LogP contribution in [0.2, 0.25) is 0 Å². The Morgan fingerprint density at radius 2 is 1.47 bits per heavy atom. The standard InChI is InChI=1S/C5H11N.C4H7F2N.2C2H6/c1-6-4-2-3-5-6;5-4(6)1-2-7-3-4;2*1-2/h2-5H2,1H3;7H,1-3H2;2*1-2H3. The number of rotatable bonds is 0. The Bertz CT molecular complexity index is 138. The summed E-state index contributed by atoms with van der Waals surface area (Å²) in [6.45, 7) is 11.0. The molecule has 4 heteroatoms. The SMILES string of the molecule is CC.CC.CN1CCCC1.FC1(F)CCNC1. The highest BCUT2D eigenvalue weighted by Gasteiger charge is 2.32. The summed E-state index contributed by atoms with van der Waals surface area (Å²) in [7, 11) is 2.17. The van der Waals surface area contributed by atoms with Gasteiger partial charge < -0.3 is 10.2 Å². The van der Waals surface area contributed by atoms with Crippen LogP contribution in [0.25, 0.3) is 0 Å². The molecule has 2 nitrogen and oxygen atoms in total. The predicted octanol–water partition coefficient (Wildman–Crippen LogP) is 3.38. The summed E-state index contributed by atoms with van der Waals surface area (Å²) in [5.74, 6) is -2.42. The van der Waals surface area contributed by atoms with E-state index in [1.54, 1.807) is 0 Å². The molecule has 0 saturated carbocycles. The molecule has 2 aliphatic rings. The highest BCUT2D eigenvalue weighted by molar-refractivity contribution is 4.77. The molecule has 2 heterocycles. The highest BCUT2D eigenvalue weighted by Crippen LogP contribution is 2.19. The van der Waals surface area contributed by atoms with Crippen molar-refractivity contribution in [3.63, 3.8) is 0 Å². The molecule has 0 aromatic rings. The normalized spacial score (nSPS) is 21.4. The van der Waals surface area contributed by atoms with Crippen molar-refractivity contribution in [3.05, 3.63) is 0 Å². The van der Waals surface area contributed by atoms with Crippen LogP contribution in [0.5, 0.6) is 0 Å². The van der Waals surface area contributed by atoms with Crippen LogP contribution in [0.15, 0.2) is 0 Å². The Morgan fingerprint density at radius 1 is 1.00 bits per heavy atom. The van der Waals surface area contributed by atoms with Crippen molar-refractivity contribution in [2.45, 2.75) is 52.9 Å². The van der Waals surface area contributed by atoms with Crippen molar-refractivity contribution >= 4 is 0 Å². The van der Waals surface area contributed by atoms with Gasteiger partial charge in [0.05, 0.1) is 6.54 Å². The molecule has 0 spiro atoms. The van der Waals surface area contributed by atoms with E-state index in [0.29, 0.717) is 6.54 Å².